The number of nitrogens with zero attached hydrogens (tertiary/aromatic N) is 1. The van der Waals surface area contributed by atoms with Gasteiger partial charge in [0.05, 0.1) is 16.8 Å². The normalized spacial score (nSPS) is 12.2. The number of thiazole rings is 1. The summed E-state index contributed by atoms with van der Waals surface area (Å²) in [4.78, 5) is 17.0. The van der Waals surface area contributed by atoms with Gasteiger partial charge in [-0.25, -0.2) is 4.98 Å². The number of carbonyl (C=O) groups is 1. The number of benzene rings is 2. The van der Waals surface area contributed by atoms with Crippen molar-refractivity contribution >= 4 is 32.6 Å². The summed E-state index contributed by atoms with van der Waals surface area (Å²) in [6, 6.07) is 13.5. The van der Waals surface area contributed by atoms with Gasteiger partial charge in [0.2, 0.25) is 0 Å². The molecule has 0 bridgehead atoms. The molecule has 0 saturated heterocycles. The lowest BCUT2D eigenvalue weighted by Crippen LogP contribution is -2.30. The number of anilines is 1. The van der Waals surface area contributed by atoms with Crippen LogP contribution in [-0.4, -0.2) is 23.6 Å². The van der Waals surface area contributed by atoms with Crippen LogP contribution >= 0.6 is 11.3 Å². The van der Waals surface area contributed by atoms with Crippen LogP contribution in [0.4, 0.5) is 5.13 Å². The molecule has 0 radical (unpaired) electrons. The number of carbonyl (C=O) groups excluding carboxylic acids is 1. The molecular weight excluding hydrogens is 360 g/mol. The monoisotopic (exact) mass is 384 g/mol. The summed E-state index contributed by atoms with van der Waals surface area (Å²) < 4.78 is 12.4. The summed E-state index contributed by atoms with van der Waals surface area (Å²) in [6.07, 6.45) is -0.629. The van der Waals surface area contributed by atoms with Gasteiger partial charge in [0.15, 0.2) is 11.2 Å². The van der Waals surface area contributed by atoms with Gasteiger partial charge in [-0.2, -0.15) is 0 Å². The first-order valence-corrected chi connectivity index (χ1v) is 9.89. The molecule has 1 unspecified atom stereocenters. The predicted molar refractivity (Wildman–Crippen MR) is 110 cm³/mol. The van der Waals surface area contributed by atoms with Gasteiger partial charge in [-0.15, -0.1) is 0 Å². The molecule has 3 rings (SSSR count). The Morgan fingerprint density at radius 3 is 2.70 bits per heavy atom. The lowest BCUT2D eigenvalue weighted by atomic mass is 10.0. The Kier molecular flexibility index (Phi) is 5.96. The number of aromatic nitrogens is 1. The van der Waals surface area contributed by atoms with Crippen LogP contribution in [0.5, 0.6) is 11.5 Å². The highest BCUT2D eigenvalue weighted by molar-refractivity contribution is 7.22. The summed E-state index contributed by atoms with van der Waals surface area (Å²) in [6.45, 7) is 8.50. The highest BCUT2D eigenvalue weighted by Crippen LogP contribution is 2.30. The number of amides is 1. The third-order valence-corrected chi connectivity index (χ3v) is 5.05. The zero-order valence-electron chi connectivity index (χ0n) is 16.0. The third-order valence-electron chi connectivity index (χ3n) is 4.12. The number of ether oxygens (including phenoxy) is 2. The molecule has 3 aromatic rings. The summed E-state index contributed by atoms with van der Waals surface area (Å²) in [7, 11) is 0. The largest absolute Gasteiger partial charge is 0.494 e. The van der Waals surface area contributed by atoms with Gasteiger partial charge in [0, 0.05) is 0 Å². The van der Waals surface area contributed by atoms with Crippen LogP contribution in [0.15, 0.2) is 42.5 Å². The first-order chi connectivity index (χ1) is 13.0. The number of para-hydroxylation sites is 1. The number of nitrogens with one attached hydrogen (secondary N) is 1. The standard InChI is InChI=1S/C21H24N2O3S/c1-5-25-15-10-11-17-19(12-15)27-21(22-17)23-20(24)14(4)26-18-9-7-6-8-16(18)13(2)3/h6-14H,5H2,1-4H3,(H,22,23,24). The molecule has 0 fully saturated rings. The molecule has 1 N–H and O–H groups in total. The first kappa shape index (κ1) is 19.2. The molecule has 1 atom stereocenters. The van der Waals surface area contributed by atoms with Crippen molar-refractivity contribution in [3.05, 3.63) is 48.0 Å². The average Bonchev–Trinajstić information content (AvgIpc) is 3.03. The van der Waals surface area contributed by atoms with Gasteiger partial charge in [-0.3, -0.25) is 10.1 Å². The van der Waals surface area contributed by atoms with Gasteiger partial charge < -0.3 is 9.47 Å². The topological polar surface area (TPSA) is 60.5 Å². The van der Waals surface area contributed by atoms with Crippen LogP contribution in [0.25, 0.3) is 10.2 Å². The van der Waals surface area contributed by atoms with Crippen LogP contribution in [0.2, 0.25) is 0 Å². The molecule has 2 aromatic carbocycles. The van der Waals surface area contributed by atoms with E-state index in [1.165, 1.54) is 11.3 Å². The molecule has 0 saturated carbocycles. The Morgan fingerprint density at radius 2 is 1.96 bits per heavy atom. The van der Waals surface area contributed by atoms with E-state index in [0.717, 1.165) is 27.3 Å². The second-order valence-corrected chi connectivity index (χ2v) is 7.55. The minimum absolute atomic E-state index is 0.224. The lowest BCUT2D eigenvalue weighted by molar-refractivity contribution is -0.122. The van der Waals surface area contributed by atoms with E-state index in [4.69, 9.17) is 9.47 Å². The van der Waals surface area contributed by atoms with Gasteiger partial charge in [-0.05, 0) is 49.6 Å². The molecule has 27 heavy (non-hydrogen) atoms. The van der Waals surface area contributed by atoms with Crippen LogP contribution in [0.3, 0.4) is 0 Å². The van der Waals surface area contributed by atoms with E-state index < -0.39 is 6.10 Å². The van der Waals surface area contributed by atoms with Crippen LogP contribution in [-0.2, 0) is 4.79 Å². The lowest BCUT2D eigenvalue weighted by Gasteiger charge is -2.18. The third kappa shape index (κ3) is 4.57. The van der Waals surface area contributed by atoms with Crippen molar-refractivity contribution in [1.29, 1.82) is 0 Å². The van der Waals surface area contributed by atoms with Gasteiger partial charge in [0.25, 0.3) is 5.91 Å². The van der Waals surface area contributed by atoms with Gasteiger partial charge >= 0.3 is 0 Å². The summed E-state index contributed by atoms with van der Waals surface area (Å²) >= 11 is 1.42. The number of hydrogen-bond donors (Lipinski definition) is 1. The van der Waals surface area contributed by atoms with Crippen molar-refractivity contribution in [3.8, 4) is 11.5 Å². The van der Waals surface area contributed by atoms with E-state index in [-0.39, 0.29) is 5.91 Å². The molecule has 1 amide bonds. The fraction of sp³-hybridized carbons (Fsp3) is 0.333. The van der Waals surface area contributed by atoms with E-state index >= 15 is 0 Å². The first-order valence-electron chi connectivity index (χ1n) is 9.07. The Labute approximate surface area is 163 Å². The smallest absolute Gasteiger partial charge is 0.266 e. The van der Waals surface area contributed by atoms with Gasteiger partial charge in [0.1, 0.15) is 11.5 Å². The molecule has 1 aromatic heterocycles. The Hall–Kier alpha value is -2.60. The molecule has 0 aliphatic rings. The second kappa shape index (κ2) is 8.39. The van der Waals surface area contributed by atoms with Gasteiger partial charge in [-0.1, -0.05) is 43.4 Å². The van der Waals surface area contributed by atoms with E-state index in [1.54, 1.807) is 6.92 Å². The van der Waals surface area contributed by atoms with E-state index in [2.05, 4.69) is 24.1 Å². The Balaban J connectivity index is 1.70. The summed E-state index contributed by atoms with van der Waals surface area (Å²) in [5.74, 6) is 1.63. The fourth-order valence-electron chi connectivity index (χ4n) is 2.73. The molecule has 0 aliphatic heterocycles. The molecule has 6 heteroatoms. The quantitative estimate of drug-likeness (QED) is 0.606. The Morgan fingerprint density at radius 1 is 1.19 bits per heavy atom. The number of rotatable bonds is 7. The van der Waals surface area contributed by atoms with Crippen LogP contribution < -0.4 is 14.8 Å². The van der Waals surface area contributed by atoms with Crippen molar-refractivity contribution in [2.75, 3.05) is 11.9 Å². The van der Waals surface area contributed by atoms with Crippen molar-refractivity contribution in [3.63, 3.8) is 0 Å². The maximum Gasteiger partial charge on any atom is 0.266 e. The minimum atomic E-state index is -0.629. The van der Waals surface area contributed by atoms with Crippen molar-refractivity contribution in [2.45, 2.75) is 39.7 Å². The minimum Gasteiger partial charge on any atom is -0.494 e. The summed E-state index contributed by atoms with van der Waals surface area (Å²) in [5, 5.41) is 3.41. The van der Waals surface area contributed by atoms with Crippen molar-refractivity contribution < 1.29 is 14.3 Å². The highest BCUT2D eigenvalue weighted by Gasteiger charge is 2.19. The maximum absolute atomic E-state index is 12.6. The van der Waals surface area contributed by atoms with Crippen LogP contribution in [0.1, 0.15) is 39.2 Å². The van der Waals surface area contributed by atoms with Crippen LogP contribution in [0, 0.1) is 0 Å². The number of hydrogen-bond acceptors (Lipinski definition) is 5. The zero-order chi connectivity index (χ0) is 19.4. The Bertz CT molecular complexity index is 936. The maximum atomic E-state index is 12.6. The number of fused-ring (bicyclic) bond motifs is 1. The molecule has 0 spiro atoms. The van der Waals surface area contributed by atoms with E-state index in [9.17, 15) is 4.79 Å². The zero-order valence-corrected chi connectivity index (χ0v) is 16.8. The highest BCUT2D eigenvalue weighted by atomic mass is 32.1. The molecular formula is C21H24N2O3S. The molecule has 0 aliphatic carbocycles. The predicted octanol–water partition coefficient (Wildman–Crippen LogP) is 5.22. The van der Waals surface area contributed by atoms with E-state index in [0.29, 0.717) is 17.7 Å². The molecule has 5 nitrogen and oxygen atoms in total. The molecule has 142 valence electrons. The van der Waals surface area contributed by atoms with E-state index in [1.807, 2.05) is 49.4 Å². The SMILES string of the molecule is CCOc1ccc2nc(NC(=O)C(C)Oc3ccccc3C(C)C)sc2c1. The summed E-state index contributed by atoms with van der Waals surface area (Å²) in [5.41, 5.74) is 1.91. The van der Waals surface area contributed by atoms with Crippen molar-refractivity contribution in [1.82, 2.24) is 4.98 Å². The average molecular weight is 385 g/mol. The second-order valence-electron chi connectivity index (χ2n) is 6.52. The molecule has 1 heterocycles. The fourth-order valence-corrected chi connectivity index (χ4v) is 3.63. The van der Waals surface area contributed by atoms with Crippen molar-refractivity contribution in [2.24, 2.45) is 0 Å².